The third-order valence-electron chi connectivity index (χ3n) is 2.94. The molecule has 0 amide bonds. The topological polar surface area (TPSA) is 24.4 Å². The second-order valence-electron chi connectivity index (χ2n) is 4.72. The molecule has 0 radical (unpaired) electrons. The summed E-state index contributed by atoms with van der Waals surface area (Å²) in [6.45, 7) is 6.54. The van der Waals surface area contributed by atoms with Gasteiger partial charge in [-0.15, -0.1) is 0 Å². The Morgan fingerprint density at radius 1 is 1.39 bits per heavy atom. The van der Waals surface area contributed by atoms with E-state index in [1.807, 2.05) is 0 Å². The molecule has 1 unspecified atom stereocenters. The number of rotatable bonds is 2. The minimum Gasteiger partial charge on any atom is -0.330 e. The van der Waals surface area contributed by atoms with Crippen LogP contribution in [0.4, 0.5) is 14.5 Å². The van der Waals surface area contributed by atoms with Crippen LogP contribution >= 0.6 is 11.8 Å². The molecule has 1 aliphatic rings. The summed E-state index contributed by atoms with van der Waals surface area (Å²) in [6.07, 6.45) is 0. The Bertz CT molecular complexity index is 486. The molecule has 1 heterocycles. The SMILES string of the molecule is Cc1ccc(F)c(NC2=NCC(C(C)C)S2)c1F. The highest BCUT2D eigenvalue weighted by atomic mass is 32.2. The number of nitrogens with one attached hydrogen (secondary N) is 1. The summed E-state index contributed by atoms with van der Waals surface area (Å²) in [5.41, 5.74) is 0.313. The summed E-state index contributed by atoms with van der Waals surface area (Å²) in [5.74, 6) is -0.647. The van der Waals surface area contributed by atoms with Crippen molar-refractivity contribution >= 4 is 22.6 Å². The quantitative estimate of drug-likeness (QED) is 0.883. The average molecular weight is 270 g/mol. The highest BCUT2D eigenvalue weighted by Crippen LogP contribution is 2.29. The molecule has 1 aromatic carbocycles. The first kappa shape index (κ1) is 13.3. The minimum atomic E-state index is -0.589. The summed E-state index contributed by atoms with van der Waals surface area (Å²) in [4.78, 5) is 4.28. The Hall–Kier alpha value is -1.10. The number of benzene rings is 1. The largest absolute Gasteiger partial charge is 0.330 e. The Morgan fingerprint density at radius 3 is 2.72 bits per heavy atom. The maximum atomic E-state index is 13.8. The van der Waals surface area contributed by atoms with Crippen molar-refractivity contribution in [2.75, 3.05) is 11.9 Å². The van der Waals surface area contributed by atoms with Gasteiger partial charge in [0.25, 0.3) is 0 Å². The number of thioether (sulfide) groups is 1. The van der Waals surface area contributed by atoms with E-state index in [1.54, 1.807) is 18.7 Å². The fourth-order valence-electron chi connectivity index (χ4n) is 1.68. The normalized spacial score (nSPS) is 19.2. The van der Waals surface area contributed by atoms with Crippen molar-refractivity contribution in [3.05, 3.63) is 29.3 Å². The van der Waals surface area contributed by atoms with Gasteiger partial charge in [-0.3, -0.25) is 4.99 Å². The summed E-state index contributed by atoms with van der Waals surface area (Å²) < 4.78 is 27.4. The van der Waals surface area contributed by atoms with Crippen LogP contribution in [0.2, 0.25) is 0 Å². The third kappa shape index (κ3) is 2.66. The lowest BCUT2D eigenvalue weighted by Crippen LogP contribution is -2.14. The molecule has 0 saturated carbocycles. The van der Waals surface area contributed by atoms with Crippen LogP contribution < -0.4 is 5.32 Å². The van der Waals surface area contributed by atoms with Gasteiger partial charge >= 0.3 is 0 Å². The Kier molecular flexibility index (Phi) is 3.90. The van der Waals surface area contributed by atoms with Crippen LogP contribution in [0.15, 0.2) is 17.1 Å². The van der Waals surface area contributed by atoms with Crippen LogP contribution in [0, 0.1) is 24.5 Å². The van der Waals surface area contributed by atoms with Gasteiger partial charge in [-0.2, -0.15) is 0 Å². The number of hydrogen-bond donors (Lipinski definition) is 1. The molecule has 0 fully saturated rings. The fourth-order valence-corrected chi connectivity index (χ4v) is 2.70. The van der Waals surface area contributed by atoms with Gasteiger partial charge in [-0.25, -0.2) is 8.78 Å². The monoisotopic (exact) mass is 270 g/mol. The van der Waals surface area contributed by atoms with Crippen LogP contribution in [0.3, 0.4) is 0 Å². The molecule has 0 spiro atoms. The van der Waals surface area contributed by atoms with Gasteiger partial charge in [0.1, 0.15) is 11.5 Å². The molecule has 1 N–H and O–H groups in total. The van der Waals surface area contributed by atoms with Crippen molar-refractivity contribution in [3.63, 3.8) is 0 Å². The lowest BCUT2D eigenvalue weighted by atomic mass is 10.1. The first-order valence-electron chi connectivity index (χ1n) is 5.91. The molecular formula is C13H16F2N2S. The zero-order valence-electron chi connectivity index (χ0n) is 10.6. The van der Waals surface area contributed by atoms with Crippen LogP contribution in [0.5, 0.6) is 0 Å². The molecule has 0 bridgehead atoms. The van der Waals surface area contributed by atoms with Crippen molar-refractivity contribution in [3.8, 4) is 0 Å². The Balaban J connectivity index is 2.14. The number of nitrogens with zero attached hydrogens (tertiary/aromatic N) is 1. The molecule has 0 aliphatic carbocycles. The summed E-state index contributed by atoms with van der Waals surface area (Å²) in [6, 6.07) is 2.69. The van der Waals surface area contributed by atoms with Crippen LogP contribution in [-0.2, 0) is 0 Å². The number of aryl methyl sites for hydroxylation is 1. The number of halogens is 2. The molecule has 5 heteroatoms. The molecule has 1 atom stereocenters. The van der Waals surface area contributed by atoms with Crippen molar-refractivity contribution in [1.29, 1.82) is 0 Å². The van der Waals surface area contributed by atoms with Gasteiger partial charge < -0.3 is 5.32 Å². The molecule has 1 aliphatic heterocycles. The van der Waals surface area contributed by atoms with Crippen molar-refractivity contribution in [1.82, 2.24) is 0 Å². The van der Waals surface area contributed by atoms with Crippen LogP contribution in [0.1, 0.15) is 19.4 Å². The predicted molar refractivity (Wildman–Crippen MR) is 73.2 cm³/mol. The van der Waals surface area contributed by atoms with E-state index in [0.717, 1.165) is 0 Å². The molecular weight excluding hydrogens is 254 g/mol. The van der Waals surface area contributed by atoms with Gasteiger partial charge in [0, 0.05) is 5.25 Å². The number of amidine groups is 1. The minimum absolute atomic E-state index is 0.106. The average Bonchev–Trinajstić information content (AvgIpc) is 2.78. The zero-order valence-corrected chi connectivity index (χ0v) is 11.4. The second kappa shape index (κ2) is 5.26. The summed E-state index contributed by atoms with van der Waals surface area (Å²) in [7, 11) is 0. The van der Waals surface area contributed by atoms with E-state index >= 15 is 0 Å². The van der Waals surface area contributed by atoms with Crippen molar-refractivity contribution in [2.24, 2.45) is 10.9 Å². The van der Waals surface area contributed by atoms with Gasteiger partial charge in [0.2, 0.25) is 0 Å². The van der Waals surface area contributed by atoms with Gasteiger partial charge in [-0.1, -0.05) is 31.7 Å². The standard InChI is InChI=1S/C13H16F2N2S/c1-7(2)10-6-16-13(18-10)17-12-9(14)5-4-8(3)11(12)15/h4-5,7,10H,6H2,1-3H3,(H,16,17). The number of anilines is 1. The van der Waals surface area contributed by atoms with E-state index in [4.69, 9.17) is 0 Å². The van der Waals surface area contributed by atoms with Crippen molar-refractivity contribution < 1.29 is 8.78 Å². The van der Waals surface area contributed by atoms with E-state index in [1.165, 1.54) is 12.1 Å². The zero-order chi connectivity index (χ0) is 13.3. The first-order chi connectivity index (χ1) is 8.49. The third-order valence-corrected chi connectivity index (χ3v) is 4.39. The maximum absolute atomic E-state index is 13.8. The molecule has 18 heavy (non-hydrogen) atoms. The van der Waals surface area contributed by atoms with Crippen LogP contribution in [-0.4, -0.2) is 17.0 Å². The lowest BCUT2D eigenvalue weighted by molar-refractivity contribution is 0.585. The lowest BCUT2D eigenvalue weighted by Gasteiger charge is -2.13. The Morgan fingerprint density at radius 2 is 2.11 bits per heavy atom. The summed E-state index contributed by atoms with van der Waals surface area (Å²) >= 11 is 1.54. The molecule has 98 valence electrons. The van der Waals surface area contributed by atoms with Crippen molar-refractivity contribution in [2.45, 2.75) is 26.0 Å². The number of hydrogen-bond acceptors (Lipinski definition) is 3. The fraction of sp³-hybridized carbons (Fsp3) is 0.462. The highest BCUT2D eigenvalue weighted by Gasteiger charge is 2.24. The van der Waals surface area contributed by atoms with Gasteiger partial charge in [-0.05, 0) is 24.5 Å². The van der Waals surface area contributed by atoms with E-state index in [2.05, 4.69) is 24.2 Å². The van der Waals surface area contributed by atoms with E-state index < -0.39 is 11.6 Å². The number of aliphatic imine (C=N–C) groups is 1. The predicted octanol–water partition coefficient (Wildman–Crippen LogP) is 3.81. The molecule has 1 aromatic rings. The first-order valence-corrected chi connectivity index (χ1v) is 6.79. The molecule has 2 nitrogen and oxygen atoms in total. The van der Waals surface area contributed by atoms with Gasteiger partial charge in [0.15, 0.2) is 11.0 Å². The van der Waals surface area contributed by atoms with Gasteiger partial charge in [0.05, 0.1) is 6.54 Å². The second-order valence-corrected chi connectivity index (χ2v) is 5.95. The van der Waals surface area contributed by atoms with E-state index in [0.29, 0.717) is 28.4 Å². The molecule has 2 rings (SSSR count). The van der Waals surface area contributed by atoms with E-state index in [9.17, 15) is 8.78 Å². The highest BCUT2D eigenvalue weighted by molar-refractivity contribution is 8.15. The summed E-state index contributed by atoms with van der Waals surface area (Å²) in [5, 5.41) is 3.74. The molecule has 0 aromatic heterocycles. The molecule has 0 saturated heterocycles. The van der Waals surface area contributed by atoms with E-state index in [-0.39, 0.29) is 5.69 Å². The Labute approximate surface area is 110 Å². The smallest absolute Gasteiger partial charge is 0.161 e. The van der Waals surface area contributed by atoms with Crippen LogP contribution in [0.25, 0.3) is 0 Å². The maximum Gasteiger partial charge on any atom is 0.161 e.